The Hall–Kier alpha value is -1.71. The van der Waals surface area contributed by atoms with Crippen LogP contribution in [0.2, 0.25) is 5.02 Å². The van der Waals surface area contributed by atoms with Gasteiger partial charge in [-0.05, 0) is 35.9 Å². The zero-order valence-corrected chi connectivity index (χ0v) is 9.72. The minimum absolute atomic E-state index is 0.0715. The summed E-state index contributed by atoms with van der Waals surface area (Å²) in [5, 5.41) is 20.1. The molecule has 1 atom stereocenters. The number of aliphatic hydroxyl groups excluding tert-OH is 1. The van der Waals surface area contributed by atoms with Crippen molar-refractivity contribution in [2.45, 2.75) is 6.10 Å². The maximum Gasteiger partial charge on any atom is 0.116 e. The predicted molar refractivity (Wildman–Crippen MR) is 68.0 cm³/mol. The predicted octanol–water partition coefficient (Wildman–Crippen LogP) is 2.71. The lowest BCUT2D eigenvalue weighted by molar-refractivity contribution is 0.220. The number of aliphatic hydroxyl groups is 1. The zero-order valence-electron chi connectivity index (χ0n) is 8.97. The largest absolute Gasteiger partial charge is 0.508 e. The van der Waals surface area contributed by atoms with Crippen LogP contribution in [-0.2, 0) is 0 Å². The second kappa shape index (κ2) is 4.65. The van der Waals surface area contributed by atoms with Crippen molar-refractivity contribution in [1.29, 1.82) is 0 Å². The molecule has 0 saturated carbocycles. The quantitative estimate of drug-likeness (QED) is 0.566. The maximum atomic E-state index is 10.2. The SMILES string of the molecule is Nc1ccc(O)cc1C(O)c1ccc(Cl)cc1. The highest BCUT2D eigenvalue weighted by Gasteiger charge is 2.13. The maximum absolute atomic E-state index is 10.2. The van der Waals surface area contributed by atoms with E-state index in [2.05, 4.69) is 0 Å². The van der Waals surface area contributed by atoms with Crippen LogP contribution in [0.25, 0.3) is 0 Å². The molecule has 88 valence electrons. The third-order valence-electron chi connectivity index (χ3n) is 2.55. The molecule has 0 aromatic heterocycles. The van der Waals surface area contributed by atoms with Crippen molar-refractivity contribution in [3.8, 4) is 5.75 Å². The first-order valence-corrected chi connectivity index (χ1v) is 5.47. The van der Waals surface area contributed by atoms with Gasteiger partial charge in [0, 0.05) is 16.3 Å². The van der Waals surface area contributed by atoms with Gasteiger partial charge in [-0.15, -0.1) is 0 Å². The molecule has 1 unspecified atom stereocenters. The highest BCUT2D eigenvalue weighted by Crippen LogP contribution is 2.29. The summed E-state index contributed by atoms with van der Waals surface area (Å²) in [4.78, 5) is 0. The Morgan fingerprint density at radius 3 is 2.35 bits per heavy atom. The summed E-state index contributed by atoms with van der Waals surface area (Å²) in [7, 11) is 0. The van der Waals surface area contributed by atoms with Gasteiger partial charge in [0.1, 0.15) is 11.9 Å². The summed E-state index contributed by atoms with van der Waals surface area (Å²) in [6, 6.07) is 11.3. The minimum Gasteiger partial charge on any atom is -0.508 e. The molecule has 17 heavy (non-hydrogen) atoms. The van der Waals surface area contributed by atoms with E-state index in [-0.39, 0.29) is 5.75 Å². The number of rotatable bonds is 2. The fraction of sp³-hybridized carbons (Fsp3) is 0.0769. The molecule has 0 aliphatic rings. The molecule has 4 heteroatoms. The fourth-order valence-electron chi connectivity index (χ4n) is 1.62. The topological polar surface area (TPSA) is 66.5 Å². The zero-order chi connectivity index (χ0) is 12.4. The van der Waals surface area contributed by atoms with Crippen LogP contribution in [0.5, 0.6) is 5.75 Å². The first-order chi connectivity index (χ1) is 8.08. The van der Waals surface area contributed by atoms with E-state index in [1.807, 2.05) is 0 Å². The number of aromatic hydroxyl groups is 1. The number of anilines is 1. The van der Waals surface area contributed by atoms with Crippen molar-refractivity contribution in [2.24, 2.45) is 0 Å². The van der Waals surface area contributed by atoms with Crippen LogP contribution in [0.15, 0.2) is 42.5 Å². The summed E-state index contributed by atoms with van der Waals surface area (Å²) in [5.41, 5.74) is 7.35. The number of phenols is 1. The third-order valence-corrected chi connectivity index (χ3v) is 2.80. The Balaban J connectivity index is 2.39. The van der Waals surface area contributed by atoms with Crippen molar-refractivity contribution >= 4 is 17.3 Å². The molecule has 2 aromatic carbocycles. The smallest absolute Gasteiger partial charge is 0.116 e. The first-order valence-electron chi connectivity index (χ1n) is 5.10. The normalized spacial score (nSPS) is 12.4. The van der Waals surface area contributed by atoms with Gasteiger partial charge < -0.3 is 15.9 Å². The monoisotopic (exact) mass is 249 g/mol. The van der Waals surface area contributed by atoms with Crippen molar-refractivity contribution in [3.63, 3.8) is 0 Å². The van der Waals surface area contributed by atoms with Crippen LogP contribution in [0.1, 0.15) is 17.2 Å². The van der Waals surface area contributed by atoms with Gasteiger partial charge in [-0.25, -0.2) is 0 Å². The van der Waals surface area contributed by atoms with E-state index in [9.17, 15) is 10.2 Å². The molecular formula is C13H12ClNO2. The standard InChI is InChI=1S/C13H12ClNO2/c14-9-3-1-8(2-4-9)13(17)11-7-10(16)5-6-12(11)15/h1-7,13,16-17H,15H2. The number of phenolic OH excluding ortho intramolecular Hbond substituents is 1. The van der Waals surface area contributed by atoms with Gasteiger partial charge in [0.25, 0.3) is 0 Å². The third kappa shape index (κ3) is 2.52. The summed E-state index contributed by atoms with van der Waals surface area (Å²) in [6.45, 7) is 0. The average molecular weight is 250 g/mol. The molecular weight excluding hydrogens is 238 g/mol. The van der Waals surface area contributed by atoms with Crippen molar-refractivity contribution in [2.75, 3.05) is 5.73 Å². The van der Waals surface area contributed by atoms with E-state index in [0.717, 1.165) is 0 Å². The van der Waals surface area contributed by atoms with Crippen LogP contribution in [0, 0.1) is 0 Å². The van der Waals surface area contributed by atoms with Crippen LogP contribution in [-0.4, -0.2) is 10.2 Å². The summed E-state index contributed by atoms with van der Waals surface area (Å²) in [6.07, 6.45) is -0.876. The van der Waals surface area contributed by atoms with Crippen molar-refractivity contribution in [1.82, 2.24) is 0 Å². The Morgan fingerprint density at radius 1 is 1.06 bits per heavy atom. The lowest BCUT2D eigenvalue weighted by Crippen LogP contribution is -2.03. The van der Waals surface area contributed by atoms with E-state index in [0.29, 0.717) is 21.8 Å². The van der Waals surface area contributed by atoms with Gasteiger partial charge in [-0.2, -0.15) is 0 Å². The molecule has 0 radical (unpaired) electrons. The number of halogens is 1. The Kier molecular flexibility index (Phi) is 3.22. The molecule has 0 saturated heterocycles. The summed E-state index contributed by atoms with van der Waals surface area (Å²) < 4.78 is 0. The van der Waals surface area contributed by atoms with Gasteiger partial charge in [0.15, 0.2) is 0 Å². The highest BCUT2D eigenvalue weighted by atomic mass is 35.5. The molecule has 0 fully saturated rings. The number of nitrogen functional groups attached to an aromatic ring is 1. The minimum atomic E-state index is -0.876. The molecule has 2 rings (SSSR count). The molecule has 0 aliphatic heterocycles. The second-order valence-electron chi connectivity index (χ2n) is 3.77. The highest BCUT2D eigenvalue weighted by molar-refractivity contribution is 6.30. The molecule has 0 aliphatic carbocycles. The Morgan fingerprint density at radius 2 is 1.71 bits per heavy atom. The number of benzene rings is 2. The average Bonchev–Trinajstić information content (AvgIpc) is 2.32. The van der Waals surface area contributed by atoms with E-state index in [4.69, 9.17) is 17.3 Å². The van der Waals surface area contributed by atoms with Gasteiger partial charge in [0.05, 0.1) is 0 Å². The van der Waals surface area contributed by atoms with E-state index < -0.39 is 6.10 Å². The number of hydrogen-bond donors (Lipinski definition) is 3. The van der Waals surface area contributed by atoms with Gasteiger partial charge in [-0.1, -0.05) is 23.7 Å². The number of nitrogens with two attached hydrogens (primary N) is 1. The van der Waals surface area contributed by atoms with Gasteiger partial charge >= 0.3 is 0 Å². The lowest BCUT2D eigenvalue weighted by atomic mass is 10.00. The van der Waals surface area contributed by atoms with E-state index in [1.165, 1.54) is 12.1 Å². The Labute approximate surface area is 104 Å². The molecule has 3 nitrogen and oxygen atoms in total. The van der Waals surface area contributed by atoms with Crippen LogP contribution in [0.3, 0.4) is 0 Å². The Bertz CT molecular complexity index is 525. The number of hydrogen-bond acceptors (Lipinski definition) is 3. The molecule has 0 bridgehead atoms. The lowest BCUT2D eigenvalue weighted by Gasteiger charge is -2.14. The van der Waals surface area contributed by atoms with Crippen molar-refractivity contribution in [3.05, 3.63) is 58.6 Å². The van der Waals surface area contributed by atoms with Crippen LogP contribution < -0.4 is 5.73 Å². The molecule has 0 heterocycles. The van der Waals surface area contributed by atoms with E-state index in [1.54, 1.807) is 30.3 Å². The molecule has 0 spiro atoms. The first kappa shape index (κ1) is 11.8. The summed E-state index contributed by atoms with van der Waals surface area (Å²) in [5.74, 6) is 0.0715. The van der Waals surface area contributed by atoms with E-state index >= 15 is 0 Å². The van der Waals surface area contributed by atoms with Gasteiger partial charge in [-0.3, -0.25) is 0 Å². The summed E-state index contributed by atoms with van der Waals surface area (Å²) >= 11 is 5.77. The molecule has 0 amide bonds. The molecule has 4 N–H and O–H groups in total. The van der Waals surface area contributed by atoms with Crippen molar-refractivity contribution < 1.29 is 10.2 Å². The van der Waals surface area contributed by atoms with Crippen LogP contribution >= 0.6 is 11.6 Å². The van der Waals surface area contributed by atoms with Crippen LogP contribution in [0.4, 0.5) is 5.69 Å². The fourth-order valence-corrected chi connectivity index (χ4v) is 1.75. The van der Waals surface area contributed by atoms with Gasteiger partial charge in [0.2, 0.25) is 0 Å². The second-order valence-corrected chi connectivity index (χ2v) is 4.20. The molecule has 2 aromatic rings.